The van der Waals surface area contributed by atoms with Gasteiger partial charge in [-0.15, -0.1) is 0 Å². The Kier molecular flexibility index (Phi) is 4.36. The van der Waals surface area contributed by atoms with E-state index < -0.39 is 5.41 Å². The zero-order valence-electron chi connectivity index (χ0n) is 15.9. The summed E-state index contributed by atoms with van der Waals surface area (Å²) in [5.74, 6) is 0.762. The molecular formula is C23H30O3. The van der Waals surface area contributed by atoms with E-state index in [4.69, 9.17) is 4.74 Å². The first-order chi connectivity index (χ1) is 12.5. The Morgan fingerprint density at radius 2 is 2.08 bits per heavy atom. The first kappa shape index (κ1) is 17.9. The summed E-state index contributed by atoms with van der Waals surface area (Å²) in [4.78, 5) is 13.8. The fourth-order valence-electron chi connectivity index (χ4n) is 6.95. The van der Waals surface area contributed by atoms with Gasteiger partial charge in [-0.05, 0) is 36.7 Å². The summed E-state index contributed by atoms with van der Waals surface area (Å²) in [6, 6.07) is 10.2. The molecule has 3 aliphatic carbocycles. The van der Waals surface area contributed by atoms with Gasteiger partial charge in [0.2, 0.25) is 0 Å². The second-order valence-electron chi connectivity index (χ2n) is 8.66. The van der Waals surface area contributed by atoms with E-state index in [1.54, 1.807) is 7.11 Å². The first-order valence-corrected chi connectivity index (χ1v) is 9.92. The number of hydrogen-bond donors (Lipinski definition) is 1. The highest BCUT2D eigenvalue weighted by atomic mass is 16.5. The number of aliphatic hydroxyl groups is 1. The summed E-state index contributed by atoms with van der Waals surface area (Å²) >= 11 is 0. The maximum Gasteiger partial charge on any atom is 0.143 e. The molecule has 3 nitrogen and oxygen atoms in total. The Bertz CT molecular complexity index is 711. The minimum absolute atomic E-state index is 0.112. The third-order valence-corrected chi connectivity index (χ3v) is 7.96. The Balaban J connectivity index is 1.72. The Morgan fingerprint density at radius 1 is 1.35 bits per heavy atom. The van der Waals surface area contributed by atoms with Crippen LogP contribution in [0.3, 0.4) is 0 Å². The maximum atomic E-state index is 13.8. The predicted molar refractivity (Wildman–Crippen MR) is 102 cm³/mol. The molecule has 3 fully saturated rings. The van der Waals surface area contributed by atoms with Crippen molar-refractivity contribution in [3.8, 4) is 0 Å². The van der Waals surface area contributed by atoms with E-state index in [1.807, 2.05) is 18.2 Å². The molecule has 1 aromatic rings. The number of fused-ring (bicyclic) bond motifs is 1. The van der Waals surface area contributed by atoms with E-state index in [0.717, 1.165) is 31.3 Å². The molecule has 0 amide bonds. The van der Waals surface area contributed by atoms with Crippen LogP contribution in [0.4, 0.5) is 0 Å². The molecule has 3 saturated carbocycles. The quantitative estimate of drug-likeness (QED) is 0.790. The van der Waals surface area contributed by atoms with E-state index >= 15 is 0 Å². The number of aryl methyl sites for hydroxylation is 1. The summed E-state index contributed by atoms with van der Waals surface area (Å²) in [7, 11) is 1.73. The molecule has 140 valence electrons. The van der Waals surface area contributed by atoms with Gasteiger partial charge in [0, 0.05) is 31.5 Å². The van der Waals surface area contributed by atoms with Gasteiger partial charge < -0.3 is 9.84 Å². The summed E-state index contributed by atoms with van der Waals surface area (Å²) in [5, 5.41) is 10.1. The van der Waals surface area contributed by atoms with E-state index in [2.05, 4.69) is 25.6 Å². The zero-order valence-corrected chi connectivity index (χ0v) is 15.9. The van der Waals surface area contributed by atoms with Crippen LogP contribution in [0.25, 0.3) is 0 Å². The van der Waals surface area contributed by atoms with Gasteiger partial charge in [0.25, 0.3) is 0 Å². The van der Waals surface area contributed by atoms with Crippen LogP contribution in [-0.4, -0.2) is 30.7 Å². The summed E-state index contributed by atoms with van der Waals surface area (Å²) in [5.41, 5.74) is 1.64. The third kappa shape index (κ3) is 2.05. The van der Waals surface area contributed by atoms with Crippen LogP contribution >= 0.6 is 0 Å². The molecule has 26 heavy (non-hydrogen) atoms. The number of ether oxygens (including phenoxy) is 1. The van der Waals surface area contributed by atoms with Crippen LogP contribution in [0.1, 0.15) is 38.2 Å². The van der Waals surface area contributed by atoms with Crippen LogP contribution < -0.4 is 0 Å². The van der Waals surface area contributed by atoms with Crippen molar-refractivity contribution in [3.63, 3.8) is 0 Å². The fraction of sp³-hybridized carbons (Fsp3) is 0.609. The number of aliphatic hydroxyl groups excluding tert-OH is 1. The average molecular weight is 354 g/mol. The average Bonchev–Trinajstić information content (AvgIpc) is 3.07. The standard InChI is InChI=1S/C23H30O3/c1-15-20-17(14-24)18-10-7-13-22(15,2)23(18,21(20)26-3)19(25)12-11-16-8-5-4-6-9-16/h4-6,8-9,17-18,20-21,24H,1,7,10-14H2,2-3H3. The van der Waals surface area contributed by atoms with E-state index in [9.17, 15) is 9.90 Å². The van der Waals surface area contributed by atoms with E-state index in [1.165, 1.54) is 5.56 Å². The van der Waals surface area contributed by atoms with Crippen molar-refractivity contribution in [1.29, 1.82) is 0 Å². The molecule has 0 heterocycles. The summed E-state index contributed by atoms with van der Waals surface area (Å²) in [6.07, 6.45) is 4.30. The maximum absolute atomic E-state index is 13.8. The highest BCUT2D eigenvalue weighted by Gasteiger charge is 2.78. The van der Waals surface area contributed by atoms with E-state index in [0.29, 0.717) is 12.2 Å². The molecule has 0 radical (unpaired) electrons. The van der Waals surface area contributed by atoms with Gasteiger partial charge in [-0.25, -0.2) is 0 Å². The smallest absolute Gasteiger partial charge is 0.143 e. The first-order valence-electron chi connectivity index (χ1n) is 9.92. The van der Waals surface area contributed by atoms with Gasteiger partial charge in [0.15, 0.2) is 0 Å². The van der Waals surface area contributed by atoms with Crippen molar-refractivity contribution in [2.24, 2.45) is 28.6 Å². The van der Waals surface area contributed by atoms with Gasteiger partial charge in [-0.3, -0.25) is 4.79 Å². The molecule has 0 aromatic heterocycles. The molecule has 3 heteroatoms. The van der Waals surface area contributed by atoms with Crippen LogP contribution in [0, 0.1) is 28.6 Å². The molecule has 0 aliphatic heterocycles. The minimum atomic E-state index is -0.510. The normalized spacial score (nSPS) is 40.8. The molecule has 2 bridgehead atoms. The summed E-state index contributed by atoms with van der Waals surface area (Å²) in [6.45, 7) is 6.79. The van der Waals surface area contributed by atoms with Crippen molar-refractivity contribution in [1.82, 2.24) is 0 Å². The van der Waals surface area contributed by atoms with Gasteiger partial charge >= 0.3 is 0 Å². The van der Waals surface area contributed by atoms with Crippen LogP contribution in [0.2, 0.25) is 0 Å². The number of ketones is 1. The number of Topliss-reactive ketones (excluding diaryl/α,β-unsaturated/α-hetero) is 1. The van der Waals surface area contributed by atoms with Gasteiger partial charge in [-0.2, -0.15) is 0 Å². The number of hydrogen-bond acceptors (Lipinski definition) is 3. The van der Waals surface area contributed by atoms with Gasteiger partial charge in [0.1, 0.15) is 5.78 Å². The van der Waals surface area contributed by atoms with Crippen molar-refractivity contribution in [3.05, 3.63) is 48.0 Å². The fourth-order valence-corrected chi connectivity index (χ4v) is 6.95. The number of rotatable bonds is 6. The molecule has 3 aliphatic rings. The second-order valence-corrected chi connectivity index (χ2v) is 8.66. The van der Waals surface area contributed by atoms with Crippen LogP contribution in [-0.2, 0) is 16.0 Å². The monoisotopic (exact) mass is 354 g/mol. The van der Waals surface area contributed by atoms with Crippen LogP contribution in [0.5, 0.6) is 0 Å². The lowest BCUT2D eigenvalue weighted by molar-refractivity contribution is -0.154. The highest BCUT2D eigenvalue weighted by molar-refractivity contribution is 5.90. The third-order valence-electron chi connectivity index (χ3n) is 7.96. The second kappa shape index (κ2) is 6.31. The Morgan fingerprint density at radius 3 is 2.73 bits per heavy atom. The molecule has 1 N–H and O–H groups in total. The topological polar surface area (TPSA) is 46.5 Å². The van der Waals surface area contributed by atoms with Gasteiger partial charge in [0.05, 0.1) is 11.5 Å². The lowest BCUT2D eigenvalue weighted by Gasteiger charge is -2.55. The highest BCUT2D eigenvalue weighted by Crippen LogP contribution is 2.76. The number of methoxy groups -OCH3 is 1. The lowest BCUT2D eigenvalue weighted by atomic mass is 9.47. The molecule has 6 unspecified atom stereocenters. The Hall–Kier alpha value is -1.45. The molecule has 0 spiro atoms. The largest absolute Gasteiger partial charge is 0.396 e. The molecular weight excluding hydrogens is 324 g/mol. The Labute approximate surface area is 156 Å². The number of benzene rings is 1. The number of carbonyl (C=O) groups is 1. The molecule has 6 atom stereocenters. The van der Waals surface area contributed by atoms with Crippen molar-refractivity contribution < 1.29 is 14.6 Å². The molecule has 1 aromatic carbocycles. The number of carbonyl (C=O) groups excluding carboxylic acids is 1. The predicted octanol–water partition coefficient (Wildman–Crippen LogP) is 3.80. The minimum Gasteiger partial charge on any atom is -0.396 e. The molecule has 4 rings (SSSR count). The zero-order chi connectivity index (χ0) is 18.5. The summed E-state index contributed by atoms with van der Waals surface area (Å²) < 4.78 is 5.99. The van der Waals surface area contributed by atoms with Crippen molar-refractivity contribution in [2.75, 3.05) is 13.7 Å². The van der Waals surface area contributed by atoms with Gasteiger partial charge in [-0.1, -0.05) is 55.8 Å². The van der Waals surface area contributed by atoms with Crippen LogP contribution in [0.15, 0.2) is 42.5 Å². The van der Waals surface area contributed by atoms with Crippen molar-refractivity contribution in [2.45, 2.75) is 45.1 Å². The van der Waals surface area contributed by atoms with Crippen molar-refractivity contribution >= 4 is 5.78 Å². The lowest BCUT2D eigenvalue weighted by Crippen LogP contribution is -2.56. The molecule has 0 saturated heterocycles. The van der Waals surface area contributed by atoms with E-state index in [-0.39, 0.29) is 35.9 Å². The SMILES string of the molecule is C=C1C2C(CO)C3CCCC1(C)C3(C(=O)CCc1ccccc1)C2OC.